The topological polar surface area (TPSA) is 21.1 Å². The van der Waals surface area contributed by atoms with Crippen molar-refractivity contribution in [2.45, 2.75) is 32.2 Å². The molecule has 3 rings (SSSR count). The number of nitrogens with zero attached hydrogens (tertiary/aromatic N) is 3. The van der Waals surface area contributed by atoms with Gasteiger partial charge in [-0.15, -0.1) is 11.6 Å². The zero-order valence-corrected chi connectivity index (χ0v) is 14.5. The van der Waals surface area contributed by atoms with Crippen LogP contribution in [0, 0.1) is 0 Å². The summed E-state index contributed by atoms with van der Waals surface area (Å²) in [5, 5.41) is 0. The quantitative estimate of drug-likeness (QED) is 0.715. The van der Waals surface area contributed by atoms with Gasteiger partial charge >= 0.3 is 0 Å². The first-order valence-corrected chi connectivity index (χ1v) is 9.03. The second kappa shape index (κ2) is 7.12. The van der Waals surface area contributed by atoms with Crippen LogP contribution in [0.15, 0.2) is 22.7 Å². The molecule has 2 aromatic rings. The van der Waals surface area contributed by atoms with Gasteiger partial charge < -0.3 is 9.47 Å². The van der Waals surface area contributed by atoms with Gasteiger partial charge in [-0.05, 0) is 57.1 Å². The average molecular weight is 371 g/mol. The number of imidazole rings is 1. The van der Waals surface area contributed by atoms with E-state index in [0.717, 1.165) is 28.8 Å². The van der Waals surface area contributed by atoms with Crippen molar-refractivity contribution in [3.63, 3.8) is 0 Å². The smallest absolute Gasteiger partial charge is 0.111 e. The summed E-state index contributed by atoms with van der Waals surface area (Å²) in [5.41, 5.74) is 2.28. The molecule has 1 aromatic heterocycles. The molecule has 0 amide bonds. The van der Waals surface area contributed by atoms with Crippen molar-refractivity contribution in [1.82, 2.24) is 14.5 Å². The summed E-state index contributed by atoms with van der Waals surface area (Å²) in [6, 6.07) is 6.33. The van der Waals surface area contributed by atoms with E-state index in [1.54, 1.807) is 0 Å². The first-order valence-electron chi connectivity index (χ1n) is 7.71. The summed E-state index contributed by atoms with van der Waals surface area (Å²) in [6.07, 6.45) is 4.73. The van der Waals surface area contributed by atoms with Crippen molar-refractivity contribution in [2.24, 2.45) is 0 Å². The summed E-state index contributed by atoms with van der Waals surface area (Å²) in [4.78, 5) is 7.31. The molecule has 0 spiro atoms. The molecule has 0 bridgehead atoms. The molecule has 1 saturated heterocycles. The zero-order valence-electron chi connectivity index (χ0n) is 12.2. The lowest BCUT2D eigenvalue weighted by Gasteiger charge is -2.15. The summed E-state index contributed by atoms with van der Waals surface area (Å²) in [5.74, 6) is 1.73. The average Bonchev–Trinajstić information content (AvgIpc) is 3.08. The van der Waals surface area contributed by atoms with Crippen LogP contribution in [0.1, 0.15) is 25.1 Å². The Hall–Kier alpha value is -0.580. The number of hydrogen-bond donors (Lipinski definition) is 0. The summed E-state index contributed by atoms with van der Waals surface area (Å²) >= 11 is 9.45. The van der Waals surface area contributed by atoms with Crippen molar-refractivity contribution in [1.29, 1.82) is 0 Å². The third kappa shape index (κ3) is 3.61. The molecule has 5 heteroatoms. The second-order valence-corrected chi connectivity index (χ2v) is 6.95. The van der Waals surface area contributed by atoms with E-state index >= 15 is 0 Å². The fraction of sp³-hybridized carbons (Fsp3) is 0.562. The Balaban J connectivity index is 1.76. The third-order valence-corrected chi connectivity index (χ3v) is 4.84. The summed E-state index contributed by atoms with van der Waals surface area (Å²) in [7, 11) is 0. The van der Waals surface area contributed by atoms with Crippen LogP contribution in [0.2, 0.25) is 0 Å². The molecule has 0 N–H and O–H groups in total. The molecule has 0 radical (unpaired) electrons. The number of benzene rings is 1. The molecule has 21 heavy (non-hydrogen) atoms. The molecule has 114 valence electrons. The monoisotopic (exact) mass is 369 g/mol. The highest BCUT2D eigenvalue weighted by molar-refractivity contribution is 9.10. The molecule has 1 aliphatic rings. The van der Waals surface area contributed by atoms with Gasteiger partial charge in [-0.1, -0.05) is 15.9 Å². The number of fused-ring (bicyclic) bond motifs is 1. The number of aryl methyl sites for hydroxylation is 2. The van der Waals surface area contributed by atoms with Crippen molar-refractivity contribution in [3.8, 4) is 0 Å². The summed E-state index contributed by atoms with van der Waals surface area (Å²) < 4.78 is 3.43. The highest BCUT2D eigenvalue weighted by Crippen LogP contribution is 2.22. The second-order valence-electron chi connectivity index (χ2n) is 5.65. The predicted molar refractivity (Wildman–Crippen MR) is 92.1 cm³/mol. The van der Waals surface area contributed by atoms with Gasteiger partial charge in [-0.25, -0.2) is 4.98 Å². The molecule has 0 saturated carbocycles. The number of aromatic nitrogens is 2. The van der Waals surface area contributed by atoms with Crippen molar-refractivity contribution < 1.29 is 0 Å². The number of likely N-dealkylation sites (tertiary alicyclic amines) is 1. The minimum Gasteiger partial charge on any atom is -0.328 e. The number of halogens is 2. The molecule has 1 aromatic carbocycles. The highest BCUT2D eigenvalue weighted by atomic mass is 79.9. The van der Waals surface area contributed by atoms with E-state index in [2.05, 4.69) is 43.6 Å². The zero-order chi connectivity index (χ0) is 14.7. The Morgan fingerprint density at radius 1 is 1.19 bits per heavy atom. The van der Waals surface area contributed by atoms with Crippen LogP contribution in [-0.2, 0) is 13.0 Å². The fourth-order valence-corrected chi connectivity index (χ4v) is 3.65. The predicted octanol–water partition coefficient (Wildman–Crippen LogP) is 4.07. The van der Waals surface area contributed by atoms with Crippen LogP contribution in [0.5, 0.6) is 0 Å². The minimum absolute atomic E-state index is 0.622. The third-order valence-electron chi connectivity index (χ3n) is 4.16. The molecule has 1 fully saturated rings. The Labute approximate surface area is 139 Å². The lowest BCUT2D eigenvalue weighted by atomic mass is 10.3. The van der Waals surface area contributed by atoms with E-state index in [-0.39, 0.29) is 0 Å². The molecule has 0 aliphatic carbocycles. The van der Waals surface area contributed by atoms with Crippen molar-refractivity contribution in [3.05, 3.63) is 28.5 Å². The number of rotatable bonds is 6. The molecular formula is C16H21BrClN3. The normalized spacial score (nSPS) is 16.1. The first kappa shape index (κ1) is 15.3. The van der Waals surface area contributed by atoms with E-state index in [9.17, 15) is 0 Å². The Bertz CT molecular complexity index is 605. The Kier molecular flexibility index (Phi) is 5.19. The molecular weight excluding hydrogens is 350 g/mol. The number of hydrogen-bond acceptors (Lipinski definition) is 2. The molecule has 1 aliphatic heterocycles. The van der Waals surface area contributed by atoms with E-state index in [0.29, 0.717) is 5.88 Å². The van der Waals surface area contributed by atoms with Crippen molar-refractivity contribution in [2.75, 3.05) is 25.5 Å². The van der Waals surface area contributed by atoms with Crippen LogP contribution in [0.4, 0.5) is 0 Å². The van der Waals surface area contributed by atoms with Gasteiger partial charge in [0.2, 0.25) is 0 Å². The van der Waals surface area contributed by atoms with Gasteiger partial charge in [-0.2, -0.15) is 0 Å². The lowest BCUT2D eigenvalue weighted by molar-refractivity contribution is 0.325. The van der Waals surface area contributed by atoms with Gasteiger partial charge in [0.25, 0.3) is 0 Å². The Morgan fingerprint density at radius 2 is 2.00 bits per heavy atom. The van der Waals surface area contributed by atoms with E-state index in [1.807, 2.05) is 0 Å². The van der Waals surface area contributed by atoms with Crippen LogP contribution in [0.3, 0.4) is 0 Å². The van der Waals surface area contributed by atoms with Gasteiger partial charge in [0.1, 0.15) is 5.82 Å². The SMILES string of the molecule is ClCCc1nc2cc(Br)ccc2n1CCCN1CCCC1. The molecule has 2 heterocycles. The lowest BCUT2D eigenvalue weighted by Crippen LogP contribution is -2.21. The van der Waals surface area contributed by atoms with E-state index in [4.69, 9.17) is 16.6 Å². The van der Waals surface area contributed by atoms with E-state index < -0.39 is 0 Å². The number of alkyl halides is 1. The molecule has 0 unspecified atom stereocenters. The minimum atomic E-state index is 0.622. The van der Waals surface area contributed by atoms with Gasteiger partial charge in [0.15, 0.2) is 0 Å². The largest absolute Gasteiger partial charge is 0.328 e. The highest BCUT2D eigenvalue weighted by Gasteiger charge is 2.13. The maximum absolute atomic E-state index is 5.93. The van der Waals surface area contributed by atoms with Gasteiger partial charge in [-0.3, -0.25) is 0 Å². The molecule has 0 atom stereocenters. The standard InChI is InChI=1S/C16H21BrClN3/c17-13-4-5-15-14(12-13)19-16(6-7-18)21(15)11-3-10-20-8-1-2-9-20/h4-5,12H,1-3,6-11H2. The van der Waals surface area contributed by atoms with E-state index in [1.165, 1.54) is 44.4 Å². The van der Waals surface area contributed by atoms with Crippen LogP contribution in [-0.4, -0.2) is 40.0 Å². The van der Waals surface area contributed by atoms with Crippen LogP contribution in [0.25, 0.3) is 11.0 Å². The maximum Gasteiger partial charge on any atom is 0.111 e. The summed E-state index contributed by atoms with van der Waals surface area (Å²) in [6.45, 7) is 4.76. The fourth-order valence-electron chi connectivity index (χ4n) is 3.14. The van der Waals surface area contributed by atoms with Gasteiger partial charge in [0, 0.05) is 23.3 Å². The first-order chi connectivity index (χ1) is 10.3. The Morgan fingerprint density at radius 3 is 2.76 bits per heavy atom. The molecule has 3 nitrogen and oxygen atoms in total. The van der Waals surface area contributed by atoms with Gasteiger partial charge in [0.05, 0.1) is 11.0 Å². The maximum atomic E-state index is 5.93. The van der Waals surface area contributed by atoms with Crippen LogP contribution < -0.4 is 0 Å². The van der Waals surface area contributed by atoms with Crippen LogP contribution >= 0.6 is 27.5 Å². The van der Waals surface area contributed by atoms with Crippen molar-refractivity contribution >= 4 is 38.6 Å².